The average Bonchev–Trinajstić information content (AvgIpc) is 3.36. The van der Waals surface area contributed by atoms with E-state index in [1.165, 1.54) is 14.2 Å². The molecule has 4 rings (SSSR count). The van der Waals surface area contributed by atoms with Gasteiger partial charge in [-0.25, -0.2) is 4.98 Å². The van der Waals surface area contributed by atoms with Crippen molar-refractivity contribution in [3.63, 3.8) is 0 Å². The highest BCUT2D eigenvalue weighted by molar-refractivity contribution is 5.82. The Morgan fingerprint density at radius 1 is 0.500 bits per heavy atom. The number of nitrogens with zero attached hydrogens (tertiary/aromatic N) is 1. The maximum absolute atomic E-state index is 11.5. The molecule has 3 aromatic carbocycles. The highest BCUT2D eigenvalue weighted by atomic mass is 16.5. The van der Waals surface area contributed by atoms with Crippen LogP contribution in [0.4, 0.5) is 0 Å². The van der Waals surface area contributed by atoms with Crippen LogP contribution < -0.4 is 9.47 Å². The molecule has 1 aromatic heterocycles. The molecular formula is C39H51NO6. The van der Waals surface area contributed by atoms with E-state index in [0.29, 0.717) is 22.9 Å². The largest absolute Gasteiger partial charge is 0.507 e. The van der Waals surface area contributed by atoms with Crippen molar-refractivity contribution < 1.29 is 29.2 Å². The quantitative estimate of drug-likeness (QED) is 0.202. The normalized spacial score (nSPS) is 12.8. The van der Waals surface area contributed by atoms with E-state index in [0.717, 1.165) is 33.4 Å². The Morgan fingerprint density at radius 2 is 0.848 bits per heavy atom. The first-order valence-corrected chi connectivity index (χ1v) is 15.7. The molecular weight excluding hydrogens is 578 g/mol. The van der Waals surface area contributed by atoms with Gasteiger partial charge in [0.25, 0.3) is 0 Å². The van der Waals surface area contributed by atoms with Gasteiger partial charge in [-0.05, 0) is 58.1 Å². The summed E-state index contributed by atoms with van der Waals surface area (Å²) >= 11 is 0. The molecule has 0 aliphatic carbocycles. The monoisotopic (exact) mass is 629 g/mol. The summed E-state index contributed by atoms with van der Waals surface area (Å²) in [6, 6.07) is 11.3. The van der Waals surface area contributed by atoms with Crippen LogP contribution in [0, 0.1) is 0 Å². The van der Waals surface area contributed by atoms with E-state index < -0.39 is 0 Å². The number of hydrogen-bond acceptors (Lipinski definition) is 7. The van der Waals surface area contributed by atoms with E-state index in [2.05, 4.69) is 83.1 Å². The van der Waals surface area contributed by atoms with Crippen molar-refractivity contribution in [2.75, 3.05) is 14.2 Å². The summed E-state index contributed by atoms with van der Waals surface area (Å²) in [6.07, 6.45) is 0. The molecule has 248 valence electrons. The summed E-state index contributed by atoms with van der Waals surface area (Å²) in [5.74, 6) is 1.69. The number of ether oxygens (including phenoxy) is 2. The molecule has 0 amide bonds. The fourth-order valence-corrected chi connectivity index (χ4v) is 5.68. The van der Waals surface area contributed by atoms with Crippen molar-refractivity contribution in [2.24, 2.45) is 0 Å². The summed E-state index contributed by atoms with van der Waals surface area (Å²) in [5, 5.41) is 33.6. The molecule has 0 bridgehead atoms. The Morgan fingerprint density at radius 3 is 1.17 bits per heavy atom. The minimum absolute atomic E-state index is 0.118. The van der Waals surface area contributed by atoms with Crippen LogP contribution in [0.2, 0.25) is 0 Å². The van der Waals surface area contributed by atoms with Crippen LogP contribution in [0.3, 0.4) is 0 Å². The Hall–Kier alpha value is -4.13. The fourth-order valence-electron chi connectivity index (χ4n) is 5.68. The molecule has 0 saturated carbocycles. The second-order valence-electron chi connectivity index (χ2n) is 16.3. The van der Waals surface area contributed by atoms with Crippen molar-refractivity contribution in [2.45, 2.75) is 105 Å². The van der Waals surface area contributed by atoms with E-state index in [-0.39, 0.29) is 50.4 Å². The predicted octanol–water partition coefficient (Wildman–Crippen LogP) is 10.00. The molecule has 46 heavy (non-hydrogen) atoms. The zero-order chi connectivity index (χ0) is 34.7. The molecule has 0 spiro atoms. The minimum atomic E-state index is -0.363. The molecule has 7 nitrogen and oxygen atoms in total. The highest BCUT2D eigenvalue weighted by Gasteiger charge is 2.32. The summed E-state index contributed by atoms with van der Waals surface area (Å²) in [4.78, 5) is 5.09. The second kappa shape index (κ2) is 11.6. The van der Waals surface area contributed by atoms with Crippen LogP contribution in [0.1, 0.15) is 105 Å². The molecule has 0 atom stereocenters. The predicted molar refractivity (Wildman–Crippen MR) is 186 cm³/mol. The SMILES string of the molecule is COc1cc(-c2nc(-c3cc(C(C)(C)C)c(O)c(C(C)(C)C)c3)c(-c3cc(C(C)(C)C)c(O)c(C(C)(C)C)c3)o2)cc(OC)c1O. The molecule has 0 aliphatic rings. The number of aromatic hydroxyl groups is 3. The lowest BCUT2D eigenvalue weighted by molar-refractivity contribution is 0.340. The summed E-state index contributed by atoms with van der Waals surface area (Å²) in [5.41, 5.74) is 4.44. The van der Waals surface area contributed by atoms with Gasteiger partial charge in [-0.3, -0.25) is 0 Å². The van der Waals surface area contributed by atoms with E-state index in [1.807, 2.05) is 24.3 Å². The van der Waals surface area contributed by atoms with Crippen molar-refractivity contribution in [1.29, 1.82) is 0 Å². The van der Waals surface area contributed by atoms with Gasteiger partial charge < -0.3 is 29.2 Å². The lowest BCUT2D eigenvalue weighted by atomic mass is 9.77. The molecule has 0 radical (unpaired) electrons. The molecule has 0 unspecified atom stereocenters. The Kier molecular flexibility index (Phi) is 8.75. The van der Waals surface area contributed by atoms with Crippen LogP contribution in [0.15, 0.2) is 40.8 Å². The number of benzene rings is 3. The van der Waals surface area contributed by atoms with Gasteiger partial charge in [0.1, 0.15) is 17.2 Å². The molecule has 1 heterocycles. The van der Waals surface area contributed by atoms with Gasteiger partial charge in [0.15, 0.2) is 17.3 Å². The van der Waals surface area contributed by atoms with Crippen molar-refractivity contribution in [3.05, 3.63) is 58.7 Å². The minimum Gasteiger partial charge on any atom is -0.507 e. The van der Waals surface area contributed by atoms with Gasteiger partial charge in [0, 0.05) is 38.9 Å². The standard InChI is InChI=1S/C39H51NO6/c1-36(2,3)24-15-21(16-25(31(24)41)37(4,5)6)30-34(22-17-26(38(7,8)9)32(42)27(18-22)39(10,11)12)46-35(40-30)23-19-28(44-13)33(43)29(20-23)45-14/h15-20,41-43H,1-14H3. The van der Waals surface area contributed by atoms with Crippen molar-refractivity contribution in [1.82, 2.24) is 4.98 Å². The molecule has 0 saturated heterocycles. The molecule has 7 heteroatoms. The van der Waals surface area contributed by atoms with Crippen LogP contribution in [0.5, 0.6) is 28.7 Å². The van der Waals surface area contributed by atoms with Crippen molar-refractivity contribution >= 4 is 0 Å². The highest BCUT2D eigenvalue weighted by Crippen LogP contribution is 2.48. The van der Waals surface area contributed by atoms with Gasteiger partial charge >= 0.3 is 0 Å². The van der Waals surface area contributed by atoms with Crippen LogP contribution in [-0.4, -0.2) is 34.5 Å². The Balaban J connectivity index is 2.18. The number of rotatable bonds is 5. The van der Waals surface area contributed by atoms with E-state index in [9.17, 15) is 15.3 Å². The summed E-state index contributed by atoms with van der Waals surface area (Å²) in [6.45, 7) is 24.9. The first-order valence-electron chi connectivity index (χ1n) is 15.7. The molecule has 0 aliphatic heterocycles. The summed E-state index contributed by atoms with van der Waals surface area (Å²) in [7, 11) is 2.95. The Labute approximate surface area is 274 Å². The molecule has 4 aromatic rings. The van der Waals surface area contributed by atoms with Gasteiger partial charge in [-0.1, -0.05) is 83.1 Å². The van der Waals surface area contributed by atoms with Crippen LogP contribution >= 0.6 is 0 Å². The fraction of sp³-hybridized carbons (Fsp3) is 0.462. The molecule has 0 fully saturated rings. The van der Waals surface area contributed by atoms with Gasteiger partial charge in [0.2, 0.25) is 11.6 Å². The topological polar surface area (TPSA) is 105 Å². The van der Waals surface area contributed by atoms with Crippen LogP contribution in [-0.2, 0) is 21.7 Å². The van der Waals surface area contributed by atoms with Gasteiger partial charge in [-0.15, -0.1) is 0 Å². The number of phenolic OH excluding ortho intramolecular Hbond substituents is 3. The second-order valence-corrected chi connectivity index (χ2v) is 16.3. The smallest absolute Gasteiger partial charge is 0.227 e. The first kappa shape index (κ1) is 34.7. The average molecular weight is 630 g/mol. The number of oxazole rings is 1. The van der Waals surface area contributed by atoms with E-state index in [1.54, 1.807) is 12.1 Å². The first-order chi connectivity index (χ1) is 21.0. The third kappa shape index (κ3) is 6.55. The lowest BCUT2D eigenvalue weighted by Gasteiger charge is -2.28. The zero-order valence-corrected chi connectivity index (χ0v) is 30.0. The number of hydrogen-bond donors (Lipinski definition) is 3. The molecule has 3 N–H and O–H groups in total. The maximum Gasteiger partial charge on any atom is 0.227 e. The maximum atomic E-state index is 11.5. The Bertz CT molecular complexity index is 1570. The zero-order valence-electron chi connectivity index (χ0n) is 30.0. The number of phenols is 3. The van der Waals surface area contributed by atoms with E-state index in [4.69, 9.17) is 18.9 Å². The van der Waals surface area contributed by atoms with Crippen LogP contribution in [0.25, 0.3) is 34.0 Å². The van der Waals surface area contributed by atoms with E-state index >= 15 is 0 Å². The lowest BCUT2D eigenvalue weighted by Crippen LogP contribution is -2.17. The summed E-state index contributed by atoms with van der Waals surface area (Å²) < 4.78 is 17.6. The van der Waals surface area contributed by atoms with Gasteiger partial charge in [-0.2, -0.15) is 0 Å². The van der Waals surface area contributed by atoms with Crippen molar-refractivity contribution in [3.8, 4) is 62.8 Å². The number of aromatic nitrogens is 1. The third-order valence-corrected chi connectivity index (χ3v) is 8.34. The third-order valence-electron chi connectivity index (χ3n) is 8.34. The van der Waals surface area contributed by atoms with Gasteiger partial charge in [0.05, 0.1) is 14.2 Å². The number of methoxy groups -OCH3 is 2.